The van der Waals surface area contributed by atoms with Crippen LogP contribution in [0.3, 0.4) is 0 Å². The van der Waals surface area contributed by atoms with Crippen molar-refractivity contribution in [2.24, 2.45) is 28.6 Å². The molecule has 2 bridgehead atoms. The molecule has 8 fully saturated rings. The van der Waals surface area contributed by atoms with Crippen molar-refractivity contribution < 1.29 is 109 Å². The maximum absolute atomic E-state index is 14.1. The summed E-state index contributed by atoms with van der Waals surface area (Å²) >= 11 is 0. The van der Waals surface area contributed by atoms with Crippen LogP contribution in [0.4, 0.5) is 0 Å². The number of carbonyl (C=O) groups is 1. The second kappa shape index (κ2) is 19.0. The molecule has 0 aromatic heterocycles. The Hall–Kier alpha value is -1.59. The number of hydrogen-bond acceptors (Lipinski definition) is 22. The van der Waals surface area contributed by atoms with Crippen LogP contribution in [-0.2, 0) is 42.7 Å². The van der Waals surface area contributed by atoms with Gasteiger partial charge < -0.3 is 104 Å². The van der Waals surface area contributed by atoms with Crippen LogP contribution in [-0.4, -0.2) is 221 Å². The van der Waals surface area contributed by atoms with E-state index >= 15 is 0 Å². The lowest BCUT2D eigenvalue weighted by atomic mass is 9.46. The van der Waals surface area contributed by atoms with Gasteiger partial charge in [-0.25, -0.2) is 0 Å². The van der Waals surface area contributed by atoms with Gasteiger partial charge in [-0.15, -0.1) is 0 Å². The lowest BCUT2D eigenvalue weighted by Crippen LogP contribution is -2.67. The van der Waals surface area contributed by atoms with Gasteiger partial charge in [0, 0.05) is 0 Å². The van der Waals surface area contributed by atoms with Crippen molar-refractivity contribution >= 4 is 5.97 Å². The average molecular weight is 937 g/mol. The summed E-state index contributed by atoms with van der Waals surface area (Å²) in [7, 11) is 0. The fourth-order valence-electron chi connectivity index (χ4n) is 12.7. The van der Waals surface area contributed by atoms with Gasteiger partial charge in [-0.05, 0) is 94.0 Å². The van der Waals surface area contributed by atoms with Gasteiger partial charge in [-0.3, -0.25) is 4.79 Å². The van der Waals surface area contributed by atoms with Crippen LogP contribution >= 0.6 is 0 Å². The Bertz CT molecular complexity index is 1690. The van der Waals surface area contributed by atoms with E-state index in [-0.39, 0.29) is 23.2 Å². The average Bonchev–Trinajstić information content (AvgIpc) is 3.49. The van der Waals surface area contributed by atoms with E-state index in [0.717, 1.165) is 12.0 Å². The van der Waals surface area contributed by atoms with Crippen LogP contribution < -0.4 is 0 Å². The van der Waals surface area contributed by atoms with Gasteiger partial charge in [-0.1, -0.05) is 13.0 Å². The quantitative estimate of drug-likeness (QED) is 0.0528. The maximum Gasteiger partial charge on any atom is 0.314 e. The fourth-order valence-corrected chi connectivity index (χ4v) is 12.7. The van der Waals surface area contributed by atoms with Gasteiger partial charge in [0.2, 0.25) is 6.29 Å². The van der Waals surface area contributed by atoms with Crippen LogP contribution in [0.25, 0.3) is 0 Å². The standard InChI is InChI=1S/C43H68O22/c1-16-11-42-9-6-19-18(5-4-8-41(19,3)40(57)64-38-33(56)30(53)26(49)22(13-45)60-38)20(42)7-10-43(16,15-42)65-39-35(63-36-31(54)28(51)24(47)17(2)58-36)34(27(50)23(14-46)61-39)62-37-32(55)29(52)25(48)21(12-44)59-37/h17-39,44-56H,1,4-15H2,2-3H3/t17-,18+,19-,20-,21+,22+,23+,24-,25+,26+,27+,28+,29-,30-,31+,32+,33+,34-,35+,36-,37-,38-,39-,41+,42+,43-/m0/s1. The van der Waals surface area contributed by atoms with Crippen LogP contribution in [0.15, 0.2) is 12.2 Å². The van der Waals surface area contributed by atoms with Gasteiger partial charge >= 0.3 is 5.97 Å². The molecule has 0 unspecified atom stereocenters. The zero-order valence-electron chi connectivity index (χ0n) is 36.5. The number of aliphatic hydroxyl groups is 13. The summed E-state index contributed by atoms with van der Waals surface area (Å²) in [6, 6.07) is 0. The predicted octanol–water partition coefficient (Wildman–Crippen LogP) is -4.48. The first-order valence-electron chi connectivity index (χ1n) is 22.9. The summed E-state index contributed by atoms with van der Waals surface area (Å²) in [4.78, 5) is 14.1. The summed E-state index contributed by atoms with van der Waals surface area (Å²) in [5, 5.41) is 137. The predicted molar refractivity (Wildman–Crippen MR) is 213 cm³/mol. The smallest absolute Gasteiger partial charge is 0.314 e. The van der Waals surface area contributed by atoms with E-state index in [1.165, 1.54) is 6.92 Å². The van der Waals surface area contributed by atoms with Gasteiger partial charge in [0.1, 0.15) is 91.6 Å². The molecule has 4 saturated heterocycles. The Kier molecular flexibility index (Phi) is 14.5. The minimum atomic E-state index is -1.92. The number of carbonyl (C=O) groups excluding carboxylic acids is 1. The van der Waals surface area contributed by atoms with Gasteiger partial charge in [0.05, 0.1) is 36.9 Å². The van der Waals surface area contributed by atoms with Crippen molar-refractivity contribution in [1.29, 1.82) is 0 Å². The molecule has 26 atom stereocenters. The fraction of sp³-hybridized carbons (Fsp3) is 0.930. The van der Waals surface area contributed by atoms with E-state index in [1.54, 1.807) is 0 Å². The Morgan fingerprint density at radius 2 is 1.14 bits per heavy atom. The molecule has 8 aliphatic rings. The zero-order chi connectivity index (χ0) is 47.1. The van der Waals surface area contributed by atoms with E-state index in [9.17, 15) is 71.2 Å². The Labute approximate surface area is 375 Å². The van der Waals surface area contributed by atoms with E-state index < -0.39 is 160 Å². The van der Waals surface area contributed by atoms with Crippen molar-refractivity contribution in [3.05, 3.63) is 12.2 Å². The van der Waals surface area contributed by atoms with Crippen molar-refractivity contribution in [1.82, 2.24) is 0 Å². The molecule has 65 heavy (non-hydrogen) atoms. The minimum absolute atomic E-state index is 0.0645. The Morgan fingerprint density at radius 1 is 0.615 bits per heavy atom. The number of hydrogen-bond donors (Lipinski definition) is 13. The van der Waals surface area contributed by atoms with E-state index in [0.29, 0.717) is 51.4 Å². The molecule has 8 rings (SSSR count). The second-order valence-electron chi connectivity index (χ2n) is 20.1. The summed E-state index contributed by atoms with van der Waals surface area (Å²) in [6.07, 6.45) is -27.1. The van der Waals surface area contributed by atoms with Crippen LogP contribution in [0.2, 0.25) is 0 Å². The minimum Gasteiger partial charge on any atom is -0.432 e. The molecule has 13 N–H and O–H groups in total. The first-order valence-corrected chi connectivity index (χ1v) is 22.9. The van der Waals surface area contributed by atoms with E-state index in [2.05, 4.69) is 6.58 Å². The number of rotatable bonds is 11. The lowest BCUT2D eigenvalue weighted by Gasteiger charge is -2.59. The molecule has 4 heterocycles. The number of ether oxygens (including phenoxy) is 8. The molecular formula is C43H68O22. The Balaban J connectivity index is 1.04. The molecule has 22 nitrogen and oxygen atoms in total. The maximum atomic E-state index is 14.1. The highest BCUT2D eigenvalue weighted by molar-refractivity contribution is 5.77. The molecule has 4 aliphatic carbocycles. The summed E-state index contributed by atoms with van der Waals surface area (Å²) in [6.45, 7) is 5.55. The van der Waals surface area contributed by atoms with Crippen LogP contribution in [0.1, 0.15) is 71.6 Å². The topological polar surface area (TPSA) is 354 Å². The molecule has 0 radical (unpaired) electrons. The molecule has 0 aromatic rings. The third kappa shape index (κ3) is 8.53. The molecule has 372 valence electrons. The highest BCUT2D eigenvalue weighted by Gasteiger charge is 2.66. The largest absolute Gasteiger partial charge is 0.432 e. The lowest BCUT2D eigenvalue weighted by molar-refractivity contribution is -0.398. The van der Waals surface area contributed by atoms with Crippen molar-refractivity contribution in [2.75, 3.05) is 19.8 Å². The molecule has 0 aromatic carbocycles. The normalized spacial score (nSPS) is 54.7. The number of fused-ring (bicyclic) bond motifs is 3. The first-order chi connectivity index (χ1) is 30.7. The van der Waals surface area contributed by atoms with Crippen molar-refractivity contribution in [2.45, 2.75) is 200 Å². The zero-order valence-corrected chi connectivity index (χ0v) is 36.5. The monoisotopic (exact) mass is 936 g/mol. The van der Waals surface area contributed by atoms with E-state index in [1.807, 2.05) is 6.92 Å². The van der Waals surface area contributed by atoms with Crippen LogP contribution in [0.5, 0.6) is 0 Å². The van der Waals surface area contributed by atoms with Crippen molar-refractivity contribution in [3.63, 3.8) is 0 Å². The Morgan fingerprint density at radius 3 is 1.77 bits per heavy atom. The summed E-state index contributed by atoms with van der Waals surface area (Å²) in [5.74, 6) is -0.571. The molecule has 0 amide bonds. The number of aliphatic hydroxyl groups excluding tert-OH is 13. The summed E-state index contributed by atoms with van der Waals surface area (Å²) in [5.41, 5.74) is -1.68. The first kappa shape index (κ1) is 49.8. The molecular weight excluding hydrogens is 868 g/mol. The third-order valence-electron chi connectivity index (χ3n) is 16.4. The molecule has 22 heteroatoms. The molecule has 1 spiro atoms. The molecule has 4 aliphatic heterocycles. The molecule has 4 saturated carbocycles. The third-order valence-corrected chi connectivity index (χ3v) is 16.4. The second-order valence-corrected chi connectivity index (χ2v) is 20.1. The van der Waals surface area contributed by atoms with Gasteiger partial charge in [0.25, 0.3) is 0 Å². The summed E-state index contributed by atoms with van der Waals surface area (Å²) < 4.78 is 48.3. The van der Waals surface area contributed by atoms with Crippen LogP contribution in [0, 0.1) is 28.6 Å². The van der Waals surface area contributed by atoms with Gasteiger partial charge in [-0.2, -0.15) is 0 Å². The van der Waals surface area contributed by atoms with Crippen molar-refractivity contribution in [3.8, 4) is 0 Å². The number of esters is 1. The van der Waals surface area contributed by atoms with Gasteiger partial charge in [0.15, 0.2) is 18.9 Å². The SMILES string of the molecule is C=C1C[C@@]23CC[C@H]4[C@@H](CCC[C@@]4(C)C(=O)O[C@@H]4O[C@H](CO)[C@@H](O)[C@H](O)[C@H]4O)[C@@H]2CC[C@]1(O[C@@H]1O[C@H](CO)[C@@H](O)[C@H](O[C@@H]2O[C@H](CO)[C@@H](O)[C@H](O)[C@H]2O)[C@H]1O[C@@H]1O[C@@H](C)[C@H](O)[C@@H](O)[C@H]1O)C3. The highest BCUT2D eigenvalue weighted by Crippen LogP contribution is 2.70. The van der Waals surface area contributed by atoms with E-state index in [4.69, 9.17) is 37.9 Å². The highest BCUT2D eigenvalue weighted by atomic mass is 16.8.